The van der Waals surface area contributed by atoms with Crippen LogP contribution < -0.4 is 10.6 Å². The fraction of sp³-hybridized carbons (Fsp3) is 0.600. The van der Waals surface area contributed by atoms with Gasteiger partial charge >= 0.3 is 6.18 Å². The van der Waals surface area contributed by atoms with Crippen LogP contribution >= 0.6 is 0 Å². The standard InChI is InChI=1S/C10H12F4N4O/c11-6-3-9(15-4-6,5-10(12,13)14)8(19)17-7-1-2-16-18-7/h1-2,6,15H,3-5H2,(H2,16,17,18,19)/t6-,9+/m1/s1. The molecule has 0 bridgehead atoms. The summed E-state index contributed by atoms with van der Waals surface area (Å²) in [5.41, 5.74) is -1.98. The molecule has 2 rings (SSSR count). The van der Waals surface area contributed by atoms with Crippen molar-refractivity contribution in [1.82, 2.24) is 15.5 Å². The van der Waals surface area contributed by atoms with Crippen LogP contribution in [0, 0.1) is 0 Å². The first-order valence-corrected chi connectivity index (χ1v) is 5.58. The van der Waals surface area contributed by atoms with E-state index in [1.807, 2.05) is 0 Å². The number of aromatic amines is 1. The Hall–Kier alpha value is -1.64. The Morgan fingerprint density at radius 2 is 2.32 bits per heavy atom. The van der Waals surface area contributed by atoms with Crippen LogP contribution in [0.1, 0.15) is 12.8 Å². The van der Waals surface area contributed by atoms with Crippen molar-refractivity contribution < 1.29 is 22.4 Å². The maximum atomic E-state index is 13.2. The van der Waals surface area contributed by atoms with Crippen LogP contribution in [0.15, 0.2) is 12.3 Å². The molecule has 1 saturated heterocycles. The molecule has 0 unspecified atom stereocenters. The van der Waals surface area contributed by atoms with Gasteiger partial charge in [-0.25, -0.2) is 4.39 Å². The molecule has 0 aromatic carbocycles. The van der Waals surface area contributed by atoms with Gasteiger partial charge in [-0.1, -0.05) is 0 Å². The smallest absolute Gasteiger partial charge is 0.308 e. The normalized spacial score (nSPS) is 27.5. The molecule has 1 aliphatic heterocycles. The van der Waals surface area contributed by atoms with Crippen LogP contribution in [-0.4, -0.2) is 40.5 Å². The maximum Gasteiger partial charge on any atom is 0.391 e. The van der Waals surface area contributed by atoms with E-state index in [1.54, 1.807) is 0 Å². The fourth-order valence-corrected chi connectivity index (χ4v) is 2.12. The highest BCUT2D eigenvalue weighted by atomic mass is 19.4. The highest BCUT2D eigenvalue weighted by Crippen LogP contribution is 2.35. The molecule has 0 radical (unpaired) electrons. The Balaban J connectivity index is 2.16. The van der Waals surface area contributed by atoms with E-state index in [0.29, 0.717) is 0 Å². The number of halogens is 4. The summed E-state index contributed by atoms with van der Waals surface area (Å²) in [6.45, 7) is -0.274. The molecule has 1 aromatic rings. The molecule has 5 nitrogen and oxygen atoms in total. The van der Waals surface area contributed by atoms with E-state index in [-0.39, 0.29) is 12.4 Å². The van der Waals surface area contributed by atoms with Crippen molar-refractivity contribution in [3.8, 4) is 0 Å². The number of carbonyl (C=O) groups is 1. The lowest BCUT2D eigenvalue weighted by Gasteiger charge is -2.28. The zero-order chi connectivity index (χ0) is 14.1. The van der Waals surface area contributed by atoms with Gasteiger partial charge in [-0.3, -0.25) is 9.89 Å². The van der Waals surface area contributed by atoms with Crippen molar-refractivity contribution in [2.24, 2.45) is 0 Å². The molecule has 1 aromatic heterocycles. The second-order valence-corrected chi connectivity index (χ2v) is 4.47. The number of nitrogens with one attached hydrogen (secondary N) is 3. The Labute approximate surface area is 105 Å². The molecule has 3 N–H and O–H groups in total. The molecule has 1 amide bonds. The third-order valence-electron chi connectivity index (χ3n) is 2.91. The van der Waals surface area contributed by atoms with Gasteiger partial charge in [0.15, 0.2) is 5.82 Å². The first-order chi connectivity index (χ1) is 8.81. The van der Waals surface area contributed by atoms with Crippen LogP contribution in [0.2, 0.25) is 0 Å². The van der Waals surface area contributed by atoms with Gasteiger partial charge in [0.25, 0.3) is 0 Å². The number of alkyl halides is 4. The number of hydrogen-bond donors (Lipinski definition) is 3. The van der Waals surface area contributed by atoms with Gasteiger partial charge in [0, 0.05) is 25.2 Å². The van der Waals surface area contributed by atoms with Crippen LogP contribution in [0.5, 0.6) is 0 Å². The minimum absolute atomic E-state index is 0.0932. The van der Waals surface area contributed by atoms with Gasteiger partial charge < -0.3 is 10.6 Å². The number of rotatable bonds is 3. The maximum absolute atomic E-state index is 13.2. The summed E-state index contributed by atoms with van der Waals surface area (Å²) in [4.78, 5) is 12.0. The van der Waals surface area contributed by atoms with Crippen molar-refractivity contribution in [3.63, 3.8) is 0 Å². The van der Waals surface area contributed by atoms with Crippen LogP contribution in [0.3, 0.4) is 0 Å². The number of anilines is 1. The van der Waals surface area contributed by atoms with Gasteiger partial charge in [0.05, 0.1) is 6.42 Å². The third-order valence-corrected chi connectivity index (χ3v) is 2.91. The summed E-state index contributed by atoms with van der Waals surface area (Å²) < 4.78 is 50.9. The zero-order valence-electron chi connectivity index (χ0n) is 9.72. The second-order valence-electron chi connectivity index (χ2n) is 4.47. The quantitative estimate of drug-likeness (QED) is 0.732. The monoisotopic (exact) mass is 280 g/mol. The SMILES string of the molecule is O=C(Nc1cc[nH]n1)[C@@]1(CC(F)(F)F)C[C@@H](F)CN1. The minimum Gasteiger partial charge on any atom is -0.308 e. The summed E-state index contributed by atoms with van der Waals surface area (Å²) >= 11 is 0. The number of amides is 1. The van der Waals surface area contributed by atoms with E-state index in [1.165, 1.54) is 12.3 Å². The van der Waals surface area contributed by atoms with Crippen molar-refractivity contribution in [2.75, 3.05) is 11.9 Å². The summed E-state index contributed by atoms with van der Waals surface area (Å²) in [5, 5.41) is 10.6. The molecule has 1 aliphatic rings. The largest absolute Gasteiger partial charge is 0.391 e. The number of carbonyl (C=O) groups excluding carboxylic acids is 1. The summed E-state index contributed by atoms with van der Waals surface area (Å²) in [5.74, 6) is -0.840. The predicted molar refractivity (Wildman–Crippen MR) is 58.1 cm³/mol. The number of hydrogen-bond acceptors (Lipinski definition) is 3. The average Bonchev–Trinajstić information content (AvgIpc) is 2.87. The molecule has 9 heteroatoms. The van der Waals surface area contributed by atoms with Gasteiger partial charge in [-0.15, -0.1) is 0 Å². The van der Waals surface area contributed by atoms with E-state index in [9.17, 15) is 22.4 Å². The topological polar surface area (TPSA) is 69.8 Å². The number of aromatic nitrogens is 2. The van der Waals surface area contributed by atoms with E-state index in [0.717, 1.165) is 0 Å². The number of nitrogens with zero attached hydrogens (tertiary/aromatic N) is 1. The average molecular weight is 280 g/mol. The predicted octanol–water partition coefficient (Wildman–Crippen LogP) is 1.37. The Morgan fingerprint density at radius 3 is 2.79 bits per heavy atom. The van der Waals surface area contributed by atoms with Crippen LogP contribution in [0.4, 0.5) is 23.4 Å². The lowest BCUT2D eigenvalue weighted by molar-refractivity contribution is -0.157. The molecule has 0 saturated carbocycles. The van der Waals surface area contributed by atoms with Gasteiger partial charge in [-0.2, -0.15) is 18.3 Å². The van der Waals surface area contributed by atoms with Gasteiger partial charge in [0.1, 0.15) is 11.7 Å². The van der Waals surface area contributed by atoms with Crippen molar-refractivity contribution in [3.05, 3.63) is 12.3 Å². The fourth-order valence-electron chi connectivity index (χ4n) is 2.12. The second kappa shape index (κ2) is 4.80. The molecule has 19 heavy (non-hydrogen) atoms. The van der Waals surface area contributed by atoms with Gasteiger partial charge in [-0.05, 0) is 0 Å². The van der Waals surface area contributed by atoms with Crippen LogP contribution in [-0.2, 0) is 4.79 Å². The van der Waals surface area contributed by atoms with E-state index in [4.69, 9.17) is 0 Å². The molecular weight excluding hydrogens is 268 g/mol. The van der Waals surface area contributed by atoms with Gasteiger partial charge in [0.2, 0.25) is 5.91 Å². The first kappa shape index (κ1) is 13.8. The Bertz CT molecular complexity index is 447. The summed E-state index contributed by atoms with van der Waals surface area (Å²) in [7, 11) is 0. The first-order valence-electron chi connectivity index (χ1n) is 5.58. The van der Waals surface area contributed by atoms with E-state index in [2.05, 4.69) is 20.8 Å². The lowest BCUT2D eigenvalue weighted by atomic mass is 9.91. The van der Waals surface area contributed by atoms with Crippen LogP contribution in [0.25, 0.3) is 0 Å². The molecule has 2 atom stereocenters. The van der Waals surface area contributed by atoms with Crippen molar-refractivity contribution in [1.29, 1.82) is 0 Å². The summed E-state index contributed by atoms with van der Waals surface area (Å²) in [6.07, 6.45) is -6.57. The van der Waals surface area contributed by atoms with E-state index >= 15 is 0 Å². The highest BCUT2D eigenvalue weighted by Gasteiger charge is 2.52. The lowest BCUT2D eigenvalue weighted by Crippen LogP contribution is -2.53. The molecule has 106 valence electrons. The molecule has 1 fully saturated rings. The van der Waals surface area contributed by atoms with Crippen molar-refractivity contribution >= 4 is 11.7 Å². The Morgan fingerprint density at radius 1 is 1.58 bits per heavy atom. The third kappa shape index (κ3) is 3.22. The highest BCUT2D eigenvalue weighted by molar-refractivity contribution is 5.97. The molecule has 2 heterocycles. The summed E-state index contributed by atoms with van der Waals surface area (Å²) in [6, 6.07) is 1.39. The molecule has 0 aliphatic carbocycles. The molecular formula is C10H12F4N4O. The number of H-pyrrole nitrogens is 1. The van der Waals surface area contributed by atoms with E-state index < -0.39 is 36.6 Å². The Kier molecular flexibility index (Phi) is 3.48. The molecule has 0 spiro atoms. The zero-order valence-corrected chi connectivity index (χ0v) is 9.72. The minimum atomic E-state index is -4.57. The van der Waals surface area contributed by atoms with Crippen molar-refractivity contribution in [2.45, 2.75) is 30.7 Å².